The van der Waals surface area contributed by atoms with Gasteiger partial charge in [-0.2, -0.15) is 0 Å². The zero-order valence-electron chi connectivity index (χ0n) is 19.8. The summed E-state index contributed by atoms with van der Waals surface area (Å²) in [7, 11) is 0. The van der Waals surface area contributed by atoms with Crippen LogP contribution in [0.3, 0.4) is 0 Å². The summed E-state index contributed by atoms with van der Waals surface area (Å²) in [5.41, 5.74) is 2.55. The normalized spacial score (nSPS) is 13.2. The van der Waals surface area contributed by atoms with Gasteiger partial charge in [-0.15, -0.1) is 4.91 Å². The summed E-state index contributed by atoms with van der Waals surface area (Å²) in [6.45, 7) is 6.93. The highest BCUT2D eigenvalue weighted by Crippen LogP contribution is 2.32. The maximum atomic E-state index is 12.8. The zero-order chi connectivity index (χ0) is 25.4. The van der Waals surface area contributed by atoms with Gasteiger partial charge in [-0.25, -0.2) is 9.59 Å². The van der Waals surface area contributed by atoms with Crippen molar-refractivity contribution in [3.63, 3.8) is 0 Å². The fourth-order valence-corrected chi connectivity index (χ4v) is 3.95. The monoisotopic (exact) mass is 500 g/mol. The molecule has 3 rings (SSSR count). The smallest absolute Gasteiger partial charge is 0.449 e. The van der Waals surface area contributed by atoms with Crippen molar-refractivity contribution in [2.45, 2.75) is 31.9 Å². The Hall–Kier alpha value is -3.60. The number of nitroso groups, excluding NO2 is 1. The van der Waals surface area contributed by atoms with Crippen LogP contribution in [0.25, 0.3) is 0 Å². The number of benzene rings is 2. The fraction of sp³-hybridized carbons (Fsp3) is 0.375. The van der Waals surface area contributed by atoms with Crippen molar-refractivity contribution in [1.29, 1.82) is 0 Å². The van der Waals surface area contributed by atoms with Gasteiger partial charge in [0.25, 0.3) is 0 Å². The van der Waals surface area contributed by atoms with Crippen LogP contribution in [-0.4, -0.2) is 59.1 Å². The number of hydrogen-bond donors (Lipinski definition) is 1. The molecule has 0 unspecified atom stereocenters. The Morgan fingerprint density at radius 3 is 2.71 bits per heavy atom. The number of nitrogens with zero attached hydrogens (tertiary/aromatic N) is 4. The van der Waals surface area contributed by atoms with E-state index < -0.39 is 17.0 Å². The maximum Gasteiger partial charge on any atom is 0.511 e. The van der Waals surface area contributed by atoms with E-state index in [1.807, 2.05) is 56.0 Å². The van der Waals surface area contributed by atoms with Crippen LogP contribution in [-0.2, 0) is 4.74 Å². The number of hydrogen-bond acceptors (Lipinski definition) is 9. The number of para-hydroxylation sites is 1. The van der Waals surface area contributed by atoms with Crippen molar-refractivity contribution in [2.75, 3.05) is 31.1 Å². The van der Waals surface area contributed by atoms with Crippen molar-refractivity contribution in [1.82, 2.24) is 4.90 Å². The van der Waals surface area contributed by atoms with Crippen molar-refractivity contribution in [3.8, 4) is 5.75 Å². The van der Waals surface area contributed by atoms with Gasteiger partial charge in [-0.1, -0.05) is 24.3 Å². The summed E-state index contributed by atoms with van der Waals surface area (Å²) < 4.78 is 12.7. The molecule has 1 amide bonds. The topological polar surface area (TPSA) is 121 Å². The minimum atomic E-state index is -1.40. The molecule has 10 nitrogen and oxygen atoms in total. The maximum absolute atomic E-state index is 12.8. The highest BCUT2D eigenvalue weighted by Gasteiger charge is 2.29. The quantitative estimate of drug-likeness (QED) is 0.193. The summed E-state index contributed by atoms with van der Waals surface area (Å²) in [5, 5.41) is 9.00. The van der Waals surface area contributed by atoms with E-state index in [0.29, 0.717) is 31.0 Å². The van der Waals surface area contributed by atoms with Gasteiger partial charge in [0.05, 0.1) is 26.2 Å². The molecule has 1 aliphatic rings. The van der Waals surface area contributed by atoms with Crippen LogP contribution in [0.2, 0.25) is 0 Å². The molecule has 186 valence electrons. The summed E-state index contributed by atoms with van der Waals surface area (Å²) >= 11 is 0.915. The largest absolute Gasteiger partial charge is 0.511 e. The molecule has 0 spiro atoms. The number of amidine groups is 1. The van der Waals surface area contributed by atoms with E-state index in [-0.39, 0.29) is 18.9 Å². The average molecular weight is 501 g/mol. The number of carboxylic acid groups (broad SMARTS) is 1. The van der Waals surface area contributed by atoms with Crippen molar-refractivity contribution < 1.29 is 24.2 Å². The molecule has 2 aromatic rings. The van der Waals surface area contributed by atoms with Crippen molar-refractivity contribution in [3.05, 3.63) is 59.0 Å². The number of aliphatic imine (C=N–C) groups is 1. The fourth-order valence-electron chi connectivity index (χ4n) is 3.57. The Labute approximate surface area is 208 Å². The third kappa shape index (κ3) is 7.19. The lowest BCUT2D eigenvalue weighted by atomic mass is 10.1. The highest BCUT2D eigenvalue weighted by molar-refractivity contribution is 7.99. The number of ether oxygens (including phenoxy) is 2. The minimum Gasteiger partial charge on any atom is -0.449 e. The van der Waals surface area contributed by atoms with Crippen LogP contribution in [0.5, 0.6) is 5.75 Å². The second-order valence-corrected chi connectivity index (χ2v) is 9.91. The molecule has 1 aliphatic heterocycles. The Kier molecular flexibility index (Phi) is 8.69. The second-order valence-electron chi connectivity index (χ2n) is 8.48. The van der Waals surface area contributed by atoms with Crippen LogP contribution in [0.1, 0.15) is 25.8 Å². The molecule has 1 N–H and O–H groups in total. The summed E-state index contributed by atoms with van der Waals surface area (Å²) in [6.07, 6.45) is -1.43. The van der Waals surface area contributed by atoms with Gasteiger partial charge in [0.15, 0.2) is 0 Å². The molecule has 0 aromatic heterocycles. The third-order valence-corrected chi connectivity index (χ3v) is 6.18. The lowest BCUT2D eigenvalue weighted by Crippen LogP contribution is -2.41. The van der Waals surface area contributed by atoms with Gasteiger partial charge in [0.2, 0.25) is 0 Å². The number of aryl methyl sites for hydroxylation is 1. The molecule has 0 radical (unpaired) electrons. The molecule has 0 atom stereocenters. The number of rotatable bonds is 10. The molecule has 0 bridgehead atoms. The van der Waals surface area contributed by atoms with Gasteiger partial charge < -0.3 is 19.5 Å². The SMILES string of the molecule is Cc1ccccc1N(CC1=NCCN1C(=O)OCCC(C)(C)SN=O)c1cccc(OC(=O)O)c1. The van der Waals surface area contributed by atoms with Crippen molar-refractivity contribution >= 4 is 41.4 Å². The summed E-state index contributed by atoms with van der Waals surface area (Å²) in [6, 6.07) is 14.5. The molecule has 2 aromatic carbocycles. The van der Waals surface area contributed by atoms with Gasteiger partial charge >= 0.3 is 12.2 Å². The number of amides is 1. The first-order chi connectivity index (χ1) is 16.7. The van der Waals surface area contributed by atoms with E-state index in [9.17, 15) is 14.5 Å². The number of carbonyl (C=O) groups is 2. The Balaban J connectivity index is 1.80. The van der Waals surface area contributed by atoms with Gasteiger partial charge in [0.1, 0.15) is 11.6 Å². The number of anilines is 2. The zero-order valence-corrected chi connectivity index (χ0v) is 20.7. The lowest BCUT2D eigenvalue weighted by molar-refractivity contribution is 0.121. The van der Waals surface area contributed by atoms with E-state index in [1.54, 1.807) is 18.2 Å². The molecule has 0 saturated carbocycles. The molecular weight excluding hydrogens is 472 g/mol. The molecule has 35 heavy (non-hydrogen) atoms. The Morgan fingerprint density at radius 2 is 2.00 bits per heavy atom. The van der Waals surface area contributed by atoms with Crippen LogP contribution >= 0.6 is 11.9 Å². The predicted octanol–water partition coefficient (Wildman–Crippen LogP) is 5.62. The molecule has 11 heteroatoms. The molecule has 1 heterocycles. The van der Waals surface area contributed by atoms with Crippen LogP contribution in [0, 0.1) is 11.8 Å². The Bertz CT molecular complexity index is 1110. The van der Waals surface area contributed by atoms with E-state index in [4.69, 9.17) is 14.6 Å². The average Bonchev–Trinajstić information content (AvgIpc) is 3.26. The van der Waals surface area contributed by atoms with E-state index in [0.717, 1.165) is 23.2 Å². The molecule has 0 saturated heterocycles. The molecule has 0 fully saturated rings. The highest BCUT2D eigenvalue weighted by atomic mass is 32.2. The van der Waals surface area contributed by atoms with E-state index >= 15 is 0 Å². The standard InChI is InChI=1S/C24H28N4O6S/c1-17-7-4-5-10-20(17)28(18-8-6-9-19(15-18)34-23(30)31)16-21-25-12-13-27(21)22(29)33-14-11-24(2,3)35-26-32/h4-10,15H,11-14,16H2,1-3H3,(H,30,31). The van der Waals surface area contributed by atoms with Crippen LogP contribution in [0.4, 0.5) is 21.0 Å². The van der Waals surface area contributed by atoms with Crippen LogP contribution in [0.15, 0.2) is 58.1 Å². The summed E-state index contributed by atoms with van der Waals surface area (Å²) in [4.78, 5) is 42.4. The van der Waals surface area contributed by atoms with E-state index in [2.05, 4.69) is 9.57 Å². The molecule has 0 aliphatic carbocycles. The minimum absolute atomic E-state index is 0.147. The van der Waals surface area contributed by atoms with Gasteiger partial charge in [-0.05, 0) is 51.0 Å². The van der Waals surface area contributed by atoms with Crippen LogP contribution < -0.4 is 9.64 Å². The molecular formula is C24H28N4O6S. The lowest BCUT2D eigenvalue weighted by Gasteiger charge is -2.29. The summed E-state index contributed by atoms with van der Waals surface area (Å²) in [5.74, 6) is 0.717. The second kappa shape index (κ2) is 11.7. The predicted molar refractivity (Wildman–Crippen MR) is 136 cm³/mol. The first kappa shape index (κ1) is 26.0. The van der Waals surface area contributed by atoms with Gasteiger partial charge in [-0.3, -0.25) is 9.89 Å². The van der Waals surface area contributed by atoms with E-state index in [1.165, 1.54) is 4.90 Å². The van der Waals surface area contributed by atoms with Crippen molar-refractivity contribution in [2.24, 2.45) is 9.57 Å². The Morgan fingerprint density at radius 1 is 1.23 bits per heavy atom. The number of carbonyl (C=O) groups excluding carboxylic acids is 1. The first-order valence-electron chi connectivity index (χ1n) is 11.0. The first-order valence-corrected chi connectivity index (χ1v) is 11.8. The van der Waals surface area contributed by atoms with Gasteiger partial charge in [0, 0.05) is 38.7 Å². The third-order valence-electron chi connectivity index (χ3n) is 5.40.